The Labute approximate surface area is 142 Å². The van der Waals surface area contributed by atoms with Gasteiger partial charge in [0.05, 0.1) is 16.7 Å². The Morgan fingerprint density at radius 2 is 1.73 bits per heavy atom. The molecular weight excluding hydrogens is 347 g/mol. The normalized spacial score (nSPS) is 14.5. The molecule has 1 saturated heterocycles. The molecule has 8 heteroatoms. The van der Waals surface area contributed by atoms with Crippen molar-refractivity contribution in [3.8, 4) is 5.75 Å². The molecule has 1 aromatic rings. The van der Waals surface area contributed by atoms with Gasteiger partial charge in [0, 0.05) is 0 Å². The summed E-state index contributed by atoms with van der Waals surface area (Å²) in [6.07, 6.45) is 2.20. The first-order valence-corrected chi connectivity index (χ1v) is 7.59. The fourth-order valence-corrected chi connectivity index (χ4v) is 2.58. The number of benzene rings is 1. The molecule has 0 bridgehead atoms. The summed E-state index contributed by atoms with van der Waals surface area (Å²) < 4.78 is 5.46. The highest BCUT2D eigenvalue weighted by Gasteiger charge is 2.25. The van der Waals surface area contributed by atoms with Crippen molar-refractivity contribution in [2.75, 3.05) is 6.61 Å². The largest absolute Gasteiger partial charge is 0.490 e. The summed E-state index contributed by atoms with van der Waals surface area (Å²) in [6.45, 7) is 2.45. The Morgan fingerprint density at radius 3 is 2.23 bits per heavy atom. The summed E-state index contributed by atoms with van der Waals surface area (Å²) in [5.74, 6) is -0.773. The zero-order valence-electron chi connectivity index (χ0n) is 11.5. The minimum Gasteiger partial charge on any atom is -0.490 e. The van der Waals surface area contributed by atoms with E-state index in [9.17, 15) is 9.59 Å². The summed E-state index contributed by atoms with van der Waals surface area (Å²) in [7, 11) is 0. The van der Waals surface area contributed by atoms with E-state index in [-0.39, 0.29) is 10.7 Å². The third kappa shape index (κ3) is 3.76. The first kappa shape index (κ1) is 16.7. The van der Waals surface area contributed by atoms with E-state index in [0.717, 1.165) is 6.42 Å². The van der Waals surface area contributed by atoms with Gasteiger partial charge in [-0.2, -0.15) is 0 Å². The van der Waals surface area contributed by atoms with Gasteiger partial charge in [0.15, 0.2) is 10.9 Å². The van der Waals surface area contributed by atoms with Crippen LogP contribution in [0.25, 0.3) is 6.08 Å². The Hall–Kier alpha value is -1.63. The lowest BCUT2D eigenvalue weighted by atomic mass is 10.1. The molecule has 0 aromatic heterocycles. The molecule has 1 aromatic carbocycles. The van der Waals surface area contributed by atoms with Crippen molar-refractivity contribution < 1.29 is 14.3 Å². The summed E-state index contributed by atoms with van der Waals surface area (Å²) in [5.41, 5.74) is 0.426. The van der Waals surface area contributed by atoms with Crippen LogP contribution in [0.3, 0.4) is 0 Å². The van der Waals surface area contributed by atoms with Gasteiger partial charge >= 0.3 is 0 Å². The molecule has 1 aliphatic heterocycles. The second kappa shape index (κ2) is 7.09. The average Bonchev–Trinajstić information content (AvgIpc) is 2.42. The number of hydrogen-bond donors (Lipinski definition) is 2. The first-order chi connectivity index (χ1) is 10.4. The van der Waals surface area contributed by atoms with Crippen molar-refractivity contribution in [3.05, 3.63) is 33.3 Å². The highest BCUT2D eigenvalue weighted by atomic mass is 35.5. The maximum absolute atomic E-state index is 11.8. The van der Waals surface area contributed by atoms with Crippen LogP contribution in [-0.4, -0.2) is 23.5 Å². The van der Waals surface area contributed by atoms with Crippen LogP contribution in [0, 0.1) is 0 Å². The molecule has 0 atom stereocenters. The number of rotatable bonds is 4. The number of hydrogen-bond acceptors (Lipinski definition) is 4. The topological polar surface area (TPSA) is 67.4 Å². The molecule has 2 rings (SSSR count). The highest BCUT2D eigenvalue weighted by Crippen LogP contribution is 2.35. The van der Waals surface area contributed by atoms with Crippen molar-refractivity contribution in [1.82, 2.24) is 10.6 Å². The van der Waals surface area contributed by atoms with Gasteiger partial charge in [-0.05, 0) is 42.4 Å². The van der Waals surface area contributed by atoms with E-state index in [1.807, 2.05) is 6.92 Å². The minimum atomic E-state index is -0.577. The van der Waals surface area contributed by atoms with Crippen LogP contribution in [0.15, 0.2) is 17.7 Å². The maximum atomic E-state index is 11.8. The zero-order chi connectivity index (χ0) is 16.3. The summed E-state index contributed by atoms with van der Waals surface area (Å²) in [6, 6.07) is 3.14. The van der Waals surface area contributed by atoms with Crippen LogP contribution in [-0.2, 0) is 9.59 Å². The Morgan fingerprint density at radius 1 is 1.18 bits per heavy atom. The fourth-order valence-electron chi connectivity index (χ4n) is 1.78. The predicted octanol–water partition coefficient (Wildman–Crippen LogP) is 2.70. The lowest BCUT2D eigenvalue weighted by Crippen LogP contribution is -2.51. The van der Waals surface area contributed by atoms with Crippen molar-refractivity contribution in [3.63, 3.8) is 0 Å². The highest BCUT2D eigenvalue weighted by molar-refractivity contribution is 7.80. The maximum Gasteiger partial charge on any atom is 0.263 e. The first-order valence-electron chi connectivity index (χ1n) is 6.42. The Bertz CT molecular complexity index is 644. The molecular formula is C14H12Cl2N2O3S. The van der Waals surface area contributed by atoms with Gasteiger partial charge in [-0.3, -0.25) is 20.2 Å². The Balaban J connectivity index is 2.34. The fraction of sp³-hybridized carbons (Fsp3) is 0.214. The van der Waals surface area contributed by atoms with Crippen LogP contribution in [0.2, 0.25) is 10.0 Å². The smallest absolute Gasteiger partial charge is 0.263 e. The van der Waals surface area contributed by atoms with Gasteiger partial charge in [-0.1, -0.05) is 30.1 Å². The number of carbonyl (C=O) groups is 2. The lowest BCUT2D eigenvalue weighted by Gasteiger charge is -2.16. The molecule has 5 nitrogen and oxygen atoms in total. The van der Waals surface area contributed by atoms with E-state index in [4.69, 9.17) is 40.2 Å². The monoisotopic (exact) mass is 358 g/mol. The predicted molar refractivity (Wildman–Crippen MR) is 89.1 cm³/mol. The molecule has 0 saturated carbocycles. The van der Waals surface area contributed by atoms with Crippen molar-refractivity contribution in [1.29, 1.82) is 0 Å². The molecule has 1 heterocycles. The summed E-state index contributed by atoms with van der Waals surface area (Å²) in [4.78, 5) is 23.6. The second-order valence-electron chi connectivity index (χ2n) is 4.46. The molecule has 22 heavy (non-hydrogen) atoms. The molecule has 1 aliphatic rings. The number of ether oxygens (including phenoxy) is 1. The van der Waals surface area contributed by atoms with E-state index in [1.54, 1.807) is 12.1 Å². The van der Waals surface area contributed by atoms with Gasteiger partial charge in [0.2, 0.25) is 0 Å². The van der Waals surface area contributed by atoms with Gasteiger partial charge in [-0.25, -0.2) is 0 Å². The van der Waals surface area contributed by atoms with Gasteiger partial charge in [0.1, 0.15) is 5.57 Å². The zero-order valence-corrected chi connectivity index (χ0v) is 13.9. The molecule has 0 unspecified atom stereocenters. The lowest BCUT2D eigenvalue weighted by molar-refractivity contribution is -0.123. The van der Waals surface area contributed by atoms with Gasteiger partial charge in [-0.15, -0.1) is 0 Å². The van der Waals surface area contributed by atoms with Crippen molar-refractivity contribution in [2.45, 2.75) is 13.3 Å². The number of amides is 2. The molecule has 1 fully saturated rings. The van der Waals surface area contributed by atoms with E-state index in [2.05, 4.69) is 10.6 Å². The second-order valence-corrected chi connectivity index (χ2v) is 5.68. The standard InChI is InChI=1S/C14H12Cl2N2O3S/c1-2-3-21-11-9(15)5-7(6-10(11)16)4-8-12(19)17-14(22)18-13(8)20/h4-6H,2-3H2,1H3,(H2,17,18,19,20,22). The van der Waals surface area contributed by atoms with E-state index >= 15 is 0 Å². The third-order valence-corrected chi connectivity index (χ3v) is 3.49. The average molecular weight is 359 g/mol. The number of nitrogens with one attached hydrogen (secondary N) is 2. The third-order valence-electron chi connectivity index (χ3n) is 2.73. The minimum absolute atomic E-state index is 0.0217. The summed E-state index contributed by atoms with van der Waals surface area (Å²) in [5, 5.41) is 5.29. The van der Waals surface area contributed by atoms with Crippen molar-refractivity contribution in [2.24, 2.45) is 0 Å². The number of thiocarbonyl (C=S) groups is 1. The summed E-state index contributed by atoms with van der Waals surface area (Å²) >= 11 is 17.0. The van der Waals surface area contributed by atoms with Gasteiger partial charge < -0.3 is 4.74 Å². The Kier molecular flexibility index (Phi) is 5.39. The van der Waals surface area contributed by atoms with Crippen molar-refractivity contribution >= 4 is 58.4 Å². The molecule has 0 spiro atoms. The van der Waals surface area contributed by atoms with Crippen LogP contribution < -0.4 is 15.4 Å². The molecule has 0 aliphatic carbocycles. The molecule has 116 valence electrons. The number of carbonyl (C=O) groups excluding carboxylic acids is 2. The van der Waals surface area contributed by atoms with Crippen LogP contribution in [0.1, 0.15) is 18.9 Å². The quantitative estimate of drug-likeness (QED) is 0.493. The van der Waals surface area contributed by atoms with Gasteiger partial charge in [0.25, 0.3) is 11.8 Å². The van der Waals surface area contributed by atoms with Crippen LogP contribution in [0.5, 0.6) is 5.75 Å². The SMILES string of the molecule is CCCOc1c(Cl)cc(C=C2C(=O)NC(=S)NC2=O)cc1Cl. The van der Waals surface area contributed by atoms with E-state index < -0.39 is 11.8 Å². The molecule has 0 radical (unpaired) electrons. The molecule has 2 N–H and O–H groups in total. The van der Waals surface area contributed by atoms with E-state index in [1.165, 1.54) is 6.08 Å². The van der Waals surface area contributed by atoms with E-state index in [0.29, 0.717) is 28.0 Å². The van der Waals surface area contributed by atoms with Crippen LogP contribution in [0.4, 0.5) is 0 Å². The van der Waals surface area contributed by atoms with Crippen LogP contribution >= 0.6 is 35.4 Å². The number of halogens is 2. The molecule has 2 amide bonds.